The molecule has 0 spiro atoms. The fourth-order valence-corrected chi connectivity index (χ4v) is 2.25. The van der Waals surface area contributed by atoms with Crippen LogP contribution in [0.25, 0.3) is 10.9 Å². The number of aromatic nitrogens is 1. The molecule has 2 N–H and O–H groups in total. The summed E-state index contributed by atoms with van der Waals surface area (Å²) in [6.45, 7) is 0. The molecule has 0 fully saturated rings. The van der Waals surface area contributed by atoms with E-state index in [1.54, 1.807) is 24.3 Å². The number of H-pyrrole nitrogens is 1. The molecule has 21 heavy (non-hydrogen) atoms. The fraction of sp³-hybridized carbons (Fsp3) is 0.231. The third-order valence-corrected chi connectivity index (χ3v) is 3.39. The van der Waals surface area contributed by atoms with E-state index in [1.165, 1.54) is 6.20 Å². The van der Waals surface area contributed by atoms with Gasteiger partial charge in [-0.2, -0.15) is 23.3 Å². The molecule has 0 saturated heterocycles. The lowest BCUT2D eigenvalue weighted by atomic mass is 10.1. The normalized spacial score (nSPS) is 22.2. The first-order chi connectivity index (χ1) is 9.84. The molecule has 8 heteroatoms. The summed E-state index contributed by atoms with van der Waals surface area (Å²) < 4.78 is 38.9. The summed E-state index contributed by atoms with van der Waals surface area (Å²) in [5, 5.41) is 13.7. The first-order valence-electron chi connectivity index (χ1n) is 6.07. The highest BCUT2D eigenvalue weighted by Gasteiger charge is 2.61. The maximum absolute atomic E-state index is 13.0. The number of rotatable bonds is 1. The number of fused-ring (bicyclic) bond motifs is 1. The van der Waals surface area contributed by atoms with E-state index >= 15 is 0 Å². The second-order valence-electron chi connectivity index (χ2n) is 4.68. The molecule has 1 aromatic heterocycles. The molecule has 1 aromatic carbocycles. The molecule has 3 rings (SSSR count). The molecule has 1 aliphatic heterocycles. The Kier molecular flexibility index (Phi) is 2.80. The van der Waals surface area contributed by atoms with Crippen molar-refractivity contribution in [3.63, 3.8) is 0 Å². The minimum absolute atomic E-state index is 0.0207. The molecule has 110 valence electrons. The number of carbonyl (C=O) groups is 1. The van der Waals surface area contributed by atoms with Gasteiger partial charge in [-0.05, 0) is 6.07 Å². The summed E-state index contributed by atoms with van der Waals surface area (Å²) in [5.74, 6) is -1.01. The van der Waals surface area contributed by atoms with Crippen LogP contribution in [0.4, 0.5) is 13.2 Å². The average molecular weight is 297 g/mol. The third-order valence-electron chi connectivity index (χ3n) is 3.39. The number of hydrazone groups is 1. The molecule has 0 radical (unpaired) electrons. The van der Waals surface area contributed by atoms with Gasteiger partial charge in [-0.15, -0.1) is 0 Å². The van der Waals surface area contributed by atoms with E-state index in [2.05, 4.69) is 10.1 Å². The molecule has 1 aliphatic rings. The summed E-state index contributed by atoms with van der Waals surface area (Å²) >= 11 is 0. The van der Waals surface area contributed by atoms with Crippen molar-refractivity contribution in [3.05, 3.63) is 36.0 Å². The van der Waals surface area contributed by atoms with Crippen LogP contribution in [0.1, 0.15) is 16.8 Å². The Bertz CT molecular complexity index is 738. The van der Waals surface area contributed by atoms with Gasteiger partial charge in [0.15, 0.2) is 0 Å². The van der Waals surface area contributed by atoms with E-state index in [4.69, 9.17) is 0 Å². The number of nitrogens with zero attached hydrogens (tertiary/aromatic N) is 2. The lowest BCUT2D eigenvalue weighted by Gasteiger charge is -2.32. The number of amides is 1. The zero-order chi connectivity index (χ0) is 15.3. The van der Waals surface area contributed by atoms with Gasteiger partial charge in [0.1, 0.15) is 0 Å². The van der Waals surface area contributed by atoms with Crippen molar-refractivity contribution in [2.24, 2.45) is 5.10 Å². The Morgan fingerprint density at radius 3 is 2.81 bits per heavy atom. The summed E-state index contributed by atoms with van der Waals surface area (Å²) in [6, 6.07) is 6.68. The second kappa shape index (κ2) is 4.32. The van der Waals surface area contributed by atoms with E-state index in [-0.39, 0.29) is 10.6 Å². The van der Waals surface area contributed by atoms with Crippen molar-refractivity contribution in [1.29, 1.82) is 0 Å². The molecular weight excluding hydrogens is 287 g/mol. The summed E-state index contributed by atoms with van der Waals surface area (Å²) in [7, 11) is 0. The maximum Gasteiger partial charge on any atom is 0.438 e. The molecular formula is C13H10F3N3O2. The Labute approximate surface area is 116 Å². The third kappa shape index (κ3) is 1.90. The lowest BCUT2D eigenvalue weighted by molar-refractivity contribution is -0.297. The Hall–Kier alpha value is -2.35. The molecule has 2 aromatic rings. The van der Waals surface area contributed by atoms with E-state index in [9.17, 15) is 23.1 Å². The molecule has 0 saturated carbocycles. The Morgan fingerprint density at radius 1 is 1.38 bits per heavy atom. The van der Waals surface area contributed by atoms with Crippen LogP contribution in [0.2, 0.25) is 0 Å². The van der Waals surface area contributed by atoms with Gasteiger partial charge >= 0.3 is 6.18 Å². The van der Waals surface area contributed by atoms with Crippen LogP contribution in [0.15, 0.2) is 35.6 Å². The van der Waals surface area contributed by atoms with Gasteiger partial charge in [0.2, 0.25) is 0 Å². The van der Waals surface area contributed by atoms with Crippen molar-refractivity contribution < 1.29 is 23.1 Å². The number of para-hydroxylation sites is 1. The van der Waals surface area contributed by atoms with Crippen molar-refractivity contribution in [2.75, 3.05) is 0 Å². The van der Waals surface area contributed by atoms with Gasteiger partial charge in [0.05, 0.1) is 5.56 Å². The highest BCUT2D eigenvalue weighted by molar-refractivity contribution is 6.07. The van der Waals surface area contributed by atoms with Crippen LogP contribution in [0.3, 0.4) is 0 Å². The highest BCUT2D eigenvalue weighted by Crippen LogP contribution is 2.39. The van der Waals surface area contributed by atoms with Crippen LogP contribution < -0.4 is 0 Å². The first kappa shape index (κ1) is 13.6. The van der Waals surface area contributed by atoms with Crippen molar-refractivity contribution in [3.8, 4) is 0 Å². The predicted octanol–water partition coefficient (Wildman–Crippen LogP) is 2.25. The molecule has 1 unspecified atom stereocenters. The summed E-state index contributed by atoms with van der Waals surface area (Å²) in [6.07, 6.45) is -3.60. The van der Waals surface area contributed by atoms with E-state index < -0.39 is 24.2 Å². The largest absolute Gasteiger partial charge is 0.438 e. The Balaban J connectivity index is 2.04. The monoisotopic (exact) mass is 297 g/mol. The summed E-state index contributed by atoms with van der Waals surface area (Å²) in [5.41, 5.74) is -2.67. The zero-order valence-electron chi connectivity index (χ0n) is 10.6. The van der Waals surface area contributed by atoms with Gasteiger partial charge in [-0.1, -0.05) is 18.2 Å². The number of halogens is 3. The van der Waals surface area contributed by atoms with E-state index in [1.807, 2.05) is 0 Å². The van der Waals surface area contributed by atoms with Crippen molar-refractivity contribution in [2.45, 2.75) is 18.3 Å². The van der Waals surface area contributed by atoms with Crippen LogP contribution in [0.5, 0.6) is 0 Å². The van der Waals surface area contributed by atoms with Crippen LogP contribution in [-0.4, -0.2) is 39.1 Å². The number of hydrogen-bond acceptors (Lipinski definition) is 3. The average Bonchev–Trinajstić information content (AvgIpc) is 3.01. The van der Waals surface area contributed by atoms with Crippen molar-refractivity contribution in [1.82, 2.24) is 9.99 Å². The van der Waals surface area contributed by atoms with Gasteiger partial charge in [0, 0.05) is 29.7 Å². The highest BCUT2D eigenvalue weighted by atomic mass is 19.4. The summed E-state index contributed by atoms with van der Waals surface area (Å²) in [4.78, 5) is 15.1. The number of aliphatic hydroxyl groups is 1. The molecule has 0 bridgehead atoms. The quantitative estimate of drug-likeness (QED) is 0.847. The van der Waals surface area contributed by atoms with E-state index in [0.29, 0.717) is 10.9 Å². The first-order valence-corrected chi connectivity index (χ1v) is 6.07. The molecule has 1 amide bonds. The minimum atomic E-state index is -4.99. The molecule has 0 aliphatic carbocycles. The predicted molar refractivity (Wildman–Crippen MR) is 68.6 cm³/mol. The lowest BCUT2D eigenvalue weighted by Crippen LogP contribution is -2.56. The number of aromatic amines is 1. The van der Waals surface area contributed by atoms with Gasteiger partial charge in [-0.25, -0.2) is 0 Å². The topological polar surface area (TPSA) is 68.7 Å². The zero-order valence-corrected chi connectivity index (χ0v) is 10.6. The van der Waals surface area contributed by atoms with Crippen LogP contribution in [-0.2, 0) is 0 Å². The number of benzene rings is 1. The molecule has 5 nitrogen and oxygen atoms in total. The molecule has 1 atom stereocenters. The SMILES string of the molecule is O=C(c1c[nH]c2ccccc12)N1N=CCC1(O)C(F)(F)F. The number of nitrogens with one attached hydrogen (secondary N) is 1. The smallest absolute Gasteiger partial charge is 0.362 e. The fourth-order valence-electron chi connectivity index (χ4n) is 2.25. The number of carbonyl (C=O) groups excluding carboxylic acids is 1. The second-order valence-corrected chi connectivity index (χ2v) is 4.68. The maximum atomic E-state index is 13.0. The van der Waals surface area contributed by atoms with E-state index in [0.717, 1.165) is 6.21 Å². The van der Waals surface area contributed by atoms with Gasteiger partial charge < -0.3 is 10.1 Å². The number of alkyl halides is 3. The van der Waals surface area contributed by atoms with Gasteiger partial charge in [0.25, 0.3) is 11.6 Å². The van der Waals surface area contributed by atoms with Crippen LogP contribution >= 0.6 is 0 Å². The standard InChI is InChI=1S/C13H10F3N3O2/c14-13(15,16)12(21)5-6-18-19(12)11(20)9-7-17-10-4-2-1-3-8(9)10/h1-4,6-7,17,21H,5H2. The van der Waals surface area contributed by atoms with Crippen LogP contribution in [0, 0.1) is 0 Å². The van der Waals surface area contributed by atoms with Gasteiger partial charge in [-0.3, -0.25) is 4.79 Å². The Morgan fingerprint density at radius 2 is 2.10 bits per heavy atom. The van der Waals surface area contributed by atoms with Crippen molar-refractivity contribution >= 4 is 23.0 Å². The number of hydrogen-bond donors (Lipinski definition) is 2. The molecule has 2 heterocycles. The minimum Gasteiger partial charge on any atom is -0.362 e.